The number of rotatable bonds is 4. The Kier molecular flexibility index (Phi) is 5.75. The standard InChI is InChI=1S/C16H22N4O4/c1-19-8-6-11(7-9-19)18-20(16(22)15(17)21)13-10-12(23-2)4-5-14(13)24-3/h4-5,10H,6-9H2,1-3H3,(H2,17,21). The zero-order chi connectivity index (χ0) is 17.7. The molecule has 2 amide bonds. The Balaban J connectivity index is 2.45. The van der Waals surface area contributed by atoms with Crippen molar-refractivity contribution in [1.82, 2.24) is 4.90 Å². The van der Waals surface area contributed by atoms with Crippen LogP contribution in [0.3, 0.4) is 0 Å². The van der Waals surface area contributed by atoms with Crippen molar-refractivity contribution < 1.29 is 19.1 Å². The molecule has 2 N–H and O–H groups in total. The fourth-order valence-corrected chi connectivity index (χ4v) is 2.39. The molecule has 0 bridgehead atoms. The number of hydrazone groups is 1. The van der Waals surface area contributed by atoms with Gasteiger partial charge in [0.2, 0.25) is 0 Å². The number of methoxy groups -OCH3 is 2. The summed E-state index contributed by atoms with van der Waals surface area (Å²) < 4.78 is 10.5. The van der Waals surface area contributed by atoms with Crippen LogP contribution in [0, 0.1) is 0 Å². The van der Waals surface area contributed by atoms with Crippen LogP contribution < -0.4 is 20.2 Å². The first-order chi connectivity index (χ1) is 11.5. The van der Waals surface area contributed by atoms with Crippen LogP contribution in [-0.2, 0) is 9.59 Å². The molecule has 0 saturated carbocycles. The molecule has 8 heteroatoms. The topological polar surface area (TPSA) is 97.5 Å². The van der Waals surface area contributed by atoms with Crippen LogP contribution >= 0.6 is 0 Å². The van der Waals surface area contributed by atoms with Crippen LogP contribution in [0.15, 0.2) is 23.3 Å². The van der Waals surface area contributed by atoms with E-state index >= 15 is 0 Å². The van der Waals surface area contributed by atoms with E-state index in [0.717, 1.165) is 23.8 Å². The highest BCUT2D eigenvalue weighted by Crippen LogP contribution is 2.33. The molecule has 1 aliphatic rings. The number of nitrogens with two attached hydrogens (primary N) is 1. The number of likely N-dealkylation sites (tertiary alicyclic amines) is 1. The number of hydrogen-bond acceptors (Lipinski definition) is 6. The van der Waals surface area contributed by atoms with Gasteiger partial charge in [0.15, 0.2) is 0 Å². The van der Waals surface area contributed by atoms with E-state index in [2.05, 4.69) is 10.0 Å². The Morgan fingerprint density at radius 1 is 1.21 bits per heavy atom. The normalized spacial score (nSPS) is 14.9. The summed E-state index contributed by atoms with van der Waals surface area (Å²) in [6.07, 6.45) is 1.43. The Morgan fingerprint density at radius 3 is 2.42 bits per heavy atom. The van der Waals surface area contributed by atoms with E-state index in [1.54, 1.807) is 18.2 Å². The largest absolute Gasteiger partial charge is 0.497 e. The molecule has 0 radical (unpaired) electrons. The number of hydrogen-bond donors (Lipinski definition) is 1. The van der Waals surface area contributed by atoms with Gasteiger partial charge in [0, 0.05) is 37.7 Å². The second-order valence-corrected chi connectivity index (χ2v) is 5.49. The van der Waals surface area contributed by atoms with Crippen molar-refractivity contribution in [3.63, 3.8) is 0 Å². The summed E-state index contributed by atoms with van der Waals surface area (Å²) in [5.41, 5.74) is 6.32. The Morgan fingerprint density at radius 2 is 1.88 bits per heavy atom. The lowest BCUT2D eigenvalue weighted by atomic mass is 10.1. The predicted octanol–water partition coefficient (Wildman–Crippen LogP) is 0.604. The molecule has 0 aliphatic carbocycles. The number of piperidine rings is 1. The number of anilines is 1. The van der Waals surface area contributed by atoms with Crippen LogP contribution in [-0.4, -0.2) is 56.8 Å². The van der Waals surface area contributed by atoms with Crippen molar-refractivity contribution in [3.05, 3.63) is 18.2 Å². The van der Waals surface area contributed by atoms with E-state index in [1.807, 2.05) is 7.05 Å². The lowest BCUT2D eigenvalue weighted by molar-refractivity contribution is -0.135. The second kappa shape index (κ2) is 7.78. The highest BCUT2D eigenvalue weighted by Gasteiger charge is 2.25. The molecule has 0 spiro atoms. The molecule has 0 unspecified atom stereocenters. The molecular formula is C16H22N4O4. The van der Waals surface area contributed by atoms with Gasteiger partial charge in [-0.05, 0) is 19.2 Å². The highest BCUT2D eigenvalue weighted by atomic mass is 16.5. The molecule has 0 aromatic heterocycles. The Bertz CT molecular complexity index is 649. The van der Waals surface area contributed by atoms with Crippen LogP contribution in [0.25, 0.3) is 0 Å². The summed E-state index contributed by atoms with van der Waals surface area (Å²) in [6.45, 7) is 1.68. The number of carbonyl (C=O) groups excluding carboxylic acids is 2. The molecule has 2 rings (SSSR count). The molecule has 1 aromatic rings. The molecule has 24 heavy (non-hydrogen) atoms. The van der Waals surface area contributed by atoms with Gasteiger partial charge >= 0.3 is 11.8 Å². The molecule has 1 saturated heterocycles. The maximum atomic E-state index is 12.3. The lowest BCUT2D eigenvalue weighted by Crippen LogP contribution is -2.39. The van der Waals surface area contributed by atoms with Crippen molar-refractivity contribution >= 4 is 23.2 Å². The molecule has 1 aromatic carbocycles. The molecule has 1 heterocycles. The number of ether oxygens (including phenoxy) is 2. The molecule has 1 aliphatic heterocycles. The minimum atomic E-state index is -1.09. The lowest BCUT2D eigenvalue weighted by Gasteiger charge is -2.25. The quantitative estimate of drug-likeness (QED) is 0.642. The van der Waals surface area contributed by atoms with Crippen molar-refractivity contribution in [2.24, 2.45) is 10.8 Å². The van der Waals surface area contributed by atoms with Crippen LogP contribution in [0.2, 0.25) is 0 Å². The average Bonchev–Trinajstić information content (AvgIpc) is 2.60. The van der Waals surface area contributed by atoms with Crippen LogP contribution in [0.4, 0.5) is 5.69 Å². The van der Waals surface area contributed by atoms with Gasteiger partial charge in [-0.2, -0.15) is 10.1 Å². The first-order valence-electron chi connectivity index (χ1n) is 7.57. The summed E-state index contributed by atoms with van der Waals surface area (Å²) in [5.74, 6) is -1.11. The van der Waals surface area contributed by atoms with Crippen LogP contribution in [0.5, 0.6) is 11.5 Å². The Labute approximate surface area is 140 Å². The minimum Gasteiger partial charge on any atom is -0.497 e. The van der Waals surface area contributed by atoms with Gasteiger partial charge in [-0.15, -0.1) is 0 Å². The predicted molar refractivity (Wildman–Crippen MR) is 90.4 cm³/mol. The molecule has 1 fully saturated rings. The summed E-state index contributed by atoms with van der Waals surface area (Å²) in [4.78, 5) is 25.9. The van der Waals surface area contributed by atoms with E-state index in [0.29, 0.717) is 30.0 Å². The van der Waals surface area contributed by atoms with E-state index in [1.165, 1.54) is 14.2 Å². The first-order valence-corrected chi connectivity index (χ1v) is 7.57. The van der Waals surface area contributed by atoms with Gasteiger partial charge in [0.25, 0.3) is 0 Å². The van der Waals surface area contributed by atoms with Crippen molar-refractivity contribution in [1.29, 1.82) is 0 Å². The van der Waals surface area contributed by atoms with E-state index in [9.17, 15) is 9.59 Å². The molecule has 8 nitrogen and oxygen atoms in total. The SMILES string of the molecule is COc1ccc(OC)c(N(N=C2CCN(C)CC2)C(=O)C(N)=O)c1. The summed E-state index contributed by atoms with van der Waals surface area (Å²) in [5, 5.41) is 5.39. The summed E-state index contributed by atoms with van der Waals surface area (Å²) >= 11 is 0. The van der Waals surface area contributed by atoms with Crippen molar-refractivity contribution in [2.75, 3.05) is 39.4 Å². The number of amides is 2. The monoisotopic (exact) mass is 334 g/mol. The maximum absolute atomic E-state index is 12.3. The maximum Gasteiger partial charge on any atom is 0.336 e. The van der Waals surface area contributed by atoms with Gasteiger partial charge in [-0.1, -0.05) is 0 Å². The zero-order valence-electron chi connectivity index (χ0n) is 14.1. The number of primary amides is 1. The van der Waals surface area contributed by atoms with E-state index in [-0.39, 0.29) is 0 Å². The van der Waals surface area contributed by atoms with Gasteiger partial charge < -0.3 is 20.1 Å². The smallest absolute Gasteiger partial charge is 0.336 e. The van der Waals surface area contributed by atoms with Gasteiger partial charge in [0.1, 0.15) is 17.2 Å². The number of carbonyl (C=O) groups is 2. The summed E-state index contributed by atoms with van der Waals surface area (Å²) in [7, 11) is 5.00. The second-order valence-electron chi connectivity index (χ2n) is 5.49. The number of benzene rings is 1. The van der Waals surface area contributed by atoms with Crippen molar-refractivity contribution in [3.8, 4) is 11.5 Å². The van der Waals surface area contributed by atoms with E-state index < -0.39 is 11.8 Å². The van der Waals surface area contributed by atoms with Gasteiger partial charge in [-0.25, -0.2) is 0 Å². The summed E-state index contributed by atoms with van der Waals surface area (Å²) in [6, 6.07) is 4.92. The molecule has 0 atom stereocenters. The zero-order valence-corrected chi connectivity index (χ0v) is 14.1. The fourth-order valence-electron chi connectivity index (χ4n) is 2.39. The third-order valence-corrected chi connectivity index (χ3v) is 3.82. The average molecular weight is 334 g/mol. The van der Waals surface area contributed by atoms with Gasteiger partial charge in [0.05, 0.1) is 14.2 Å². The third kappa shape index (κ3) is 4.02. The van der Waals surface area contributed by atoms with Gasteiger partial charge in [-0.3, -0.25) is 9.59 Å². The molecule has 130 valence electrons. The Hall–Kier alpha value is -2.61. The minimum absolute atomic E-state index is 0.312. The highest BCUT2D eigenvalue weighted by molar-refractivity contribution is 6.40. The fraction of sp³-hybridized carbons (Fsp3) is 0.438. The van der Waals surface area contributed by atoms with E-state index in [4.69, 9.17) is 15.2 Å². The first kappa shape index (κ1) is 17.7. The number of nitrogens with zero attached hydrogens (tertiary/aromatic N) is 3. The van der Waals surface area contributed by atoms with Crippen LogP contribution in [0.1, 0.15) is 12.8 Å². The third-order valence-electron chi connectivity index (χ3n) is 3.82. The van der Waals surface area contributed by atoms with Crippen molar-refractivity contribution in [2.45, 2.75) is 12.8 Å². The molecular weight excluding hydrogens is 312 g/mol.